The van der Waals surface area contributed by atoms with Crippen molar-refractivity contribution in [1.29, 1.82) is 0 Å². The summed E-state index contributed by atoms with van der Waals surface area (Å²) in [6, 6.07) is 10.1. The molecule has 0 atom stereocenters. The molecule has 0 amide bonds. The Balaban J connectivity index is 1.72. The fraction of sp³-hybridized carbons (Fsp3) is 0.250. The largest absolute Gasteiger partial charge is 0.493 e. The third-order valence-corrected chi connectivity index (χ3v) is 4.63. The van der Waals surface area contributed by atoms with E-state index in [1.807, 2.05) is 31.2 Å². The molecule has 0 bridgehead atoms. The predicted octanol–water partition coefficient (Wildman–Crippen LogP) is 5.67. The van der Waals surface area contributed by atoms with Gasteiger partial charge in [0.15, 0.2) is 0 Å². The van der Waals surface area contributed by atoms with Gasteiger partial charge < -0.3 is 14.2 Å². The highest BCUT2D eigenvalue weighted by Crippen LogP contribution is 2.36. The van der Waals surface area contributed by atoms with E-state index in [9.17, 15) is 10.1 Å². The molecule has 1 aliphatic heterocycles. The standard InChI is InChI=1S/C24H23NO5/c1-4-5-6-7-12-28-23-14-20(25(26)27)9-8-19(23)16-29-21-10-11-22-17(2)13-18(3)30-24(22)15-21/h1,8-11,13-15H,3,5-7,12,16H2,2H3. The van der Waals surface area contributed by atoms with E-state index in [0.717, 1.165) is 29.5 Å². The average Bonchev–Trinajstić information content (AvgIpc) is 2.72. The van der Waals surface area contributed by atoms with Crippen LogP contribution in [-0.4, -0.2) is 11.5 Å². The number of rotatable bonds is 9. The van der Waals surface area contributed by atoms with Gasteiger partial charge in [0.2, 0.25) is 0 Å². The molecule has 154 valence electrons. The van der Waals surface area contributed by atoms with E-state index in [-0.39, 0.29) is 12.3 Å². The normalized spacial score (nSPS) is 12.3. The van der Waals surface area contributed by atoms with Gasteiger partial charge in [-0.2, -0.15) is 0 Å². The molecule has 30 heavy (non-hydrogen) atoms. The zero-order valence-corrected chi connectivity index (χ0v) is 16.8. The van der Waals surface area contributed by atoms with Crippen molar-refractivity contribution in [3.8, 4) is 29.6 Å². The number of ether oxygens (including phenoxy) is 3. The lowest BCUT2D eigenvalue weighted by molar-refractivity contribution is -0.385. The Labute approximate surface area is 175 Å². The Morgan fingerprint density at radius 3 is 2.80 bits per heavy atom. The topological polar surface area (TPSA) is 70.8 Å². The Kier molecular flexibility index (Phi) is 6.76. The molecule has 3 rings (SSSR count). The Morgan fingerprint density at radius 2 is 2.03 bits per heavy atom. The van der Waals surface area contributed by atoms with Gasteiger partial charge in [-0.05, 0) is 49.6 Å². The van der Waals surface area contributed by atoms with Crippen LogP contribution in [0.2, 0.25) is 0 Å². The quantitative estimate of drug-likeness (QED) is 0.233. The summed E-state index contributed by atoms with van der Waals surface area (Å²) in [5.74, 6) is 4.90. The van der Waals surface area contributed by atoms with Crippen molar-refractivity contribution in [1.82, 2.24) is 0 Å². The fourth-order valence-electron chi connectivity index (χ4n) is 3.08. The van der Waals surface area contributed by atoms with Gasteiger partial charge in [-0.1, -0.05) is 6.58 Å². The molecular formula is C24H23NO5. The smallest absolute Gasteiger partial charge is 0.273 e. The fourth-order valence-corrected chi connectivity index (χ4v) is 3.08. The molecular weight excluding hydrogens is 382 g/mol. The van der Waals surface area contributed by atoms with Crippen molar-refractivity contribution in [2.45, 2.75) is 32.8 Å². The molecule has 0 saturated heterocycles. The van der Waals surface area contributed by atoms with Gasteiger partial charge in [-0.25, -0.2) is 0 Å². The first kappa shape index (κ1) is 21.0. The summed E-state index contributed by atoms with van der Waals surface area (Å²) in [6.07, 6.45) is 9.42. The van der Waals surface area contributed by atoms with Crippen molar-refractivity contribution >= 4 is 11.3 Å². The van der Waals surface area contributed by atoms with E-state index in [1.165, 1.54) is 12.1 Å². The molecule has 0 unspecified atom stereocenters. The van der Waals surface area contributed by atoms with Crippen LogP contribution < -0.4 is 14.2 Å². The SMILES string of the molecule is C#CCCCCOc1cc([N+](=O)[O-])ccc1COc1ccc2c(c1)OC(=C)C=C2C. The zero-order chi connectivity index (χ0) is 21.5. The highest BCUT2D eigenvalue weighted by molar-refractivity contribution is 5.74. The minimum atomic E-state index is -0.445. The van der Waals surface area contributed by atoms with Crippen LogP contribution >= 0.6 is 0 Å². The highest BCUT2D eigenvalue weighted by Gasteiger charge is 2.16. The number of nitro groups is 1. The van der Waals surface area contributed by atoms with Crippen LogP contribution in [0, 0.1) is 22.5 Å². The first-order chi connectivity index (χ1) is 14.5. The van der Waals surface area contributed by atoms with E-state index < -0.39 is 4.92 Å². The number of allylic oxidation sites excluding steroid dienone is 2. The number of hydrogen-bond donors (Lipinski definition) is 0. The number of fused-ring (bicyclic) bond motifs is 1. The molecule has 6 nitrogen and oxygen atoms in total. The summed E-state index contributed by atoms with van der Waals surface area (Å²) >= 11 is 0. The van der Waals surface area contributed by atoms with E-state index in [1.54, 1.807) is 6.07 Å². The van der Waals surface area contributed by atoms with E-state index in [4.69, 9.17) is 20.6 Å². The molecule has 0 spiro atoms. The Hall–Kier alpha value is -3.72. The highest BCUT2D eigenvalue weighted by atomic mass is 16.6. The van der Waals surface area contributed by atoms with Crippen LogP contribution in [-0.2, 0) is 6.61 Å². The van der Waals surface area contributed by atoms with Gasteiger partial charge in [-0.3, -0.25) is 10.1 Å². The maximum absolute atomic E-state index is 11.1. The molecule has 0 N–H and O–H groups in total. The zero-order valence-electron chi connectivity index (χ0n) is 16.8. The molecule has 0 aromatic heterocycles. The Morgan fingerprint density at radius 1 is 1.20 bits per heavy atom. The van der Waals surface area contributed by atoms with Crippen molar-refractivity contribution in [3.63, 3.8) is 0 Å². The number of benzene rings is 2. The lowest BCUT2D eigenvalue weighted by Crippen LogP contribution is -2.05. The minimum absolute atomic E-state index is 0.0275. The van der Waals surface area contributed by atoms with Gasteiger partial charge in [0, 0.05) is 29.7 Å². The predicted molar refractivity (Wildman–Crippen MR) is 115 cm³/mol. The third-order valence-electron chi connectivity index (χ3n) is 4.63. The molecule has 1 heterocycles. The van der Waals surface area contributed by atoms with Crippen molar-refractivity contribution in [2.75, 3.05) is 6.61 Å². The number of nitrogens with zero attached hydrogens (tertiary/aromatic N) is 1. The molecule has 2 aromatic carbocycles. The number of nitro benzene ring substituents is 1. The van der Waals surface area contributed by atoms with Crippen molar-refractivity contribution in [2.24, 2.45) is 0 Å². The summed E-state index contributed by atoms with van der Waals surface area (Å²) in [5.41, 5.74) is 2.75. The monoisotopic (exact) mass is 405 g/mol. The average molecular weight is 405 g/mol. The number of terminal acetylenes is 1. The van der Waals surface area contributed by atoms with Gasteiger partial charge in [0.1, 0.15) is 29.6 Å². The molecule has 0 fully saturated rings. The lowest BCUT2D eigenvalue weighted by Gasteiger charge is -2.19. The number of hydrogen-bond acceptors (Lipinski definition) is 5. The molecule has 0 radical (unpaired) electrons. The van der Waals surface area contributed by atoms with E-state index >= 15 is 0 Å². The van der Waals surface area contributed by atoms with Crippen LogP contribution in [0.25, 0.3) is 5.57 Å². The molecule has 0 aliphatic carbocycles. The molecule has 0 saturated carbocycles. The summed E-state index contributed by atoms with van der Waals surface area (Å²) in [6.45, 7) is 6.47. The van der Waals surface area contributed by atoms with Crippen molar-refractivity contribution in [3.05, 3.63) is 76.1 Å². The van der Waals surface area contributed by atoms with Crippen molar-refractivity contribution < 1.29 is 19.1 Å². The second kappa shape index (κ2) is 9.66. The summed E-state index contributed by atoms with van der Waals surface area (Å²) in [5, 5.41) is 11.1. The minimum Gasteiger partial charge on any atom is -0.493 e. The molecule has 2 aromatic rings. The third kappa shape index (κ3) is 5.21. The summed E-state index contributed by atoms with van der Waals surface area (Å²) < 4.78 is 17.4. The maximum atomic E-state index is 11.1. The Bertz CT molecular complexity index is 1030. The first-order valence-electron chi connectivity index (χ1n) is 9.64. The van der Waals surface area contributed by atoms with E-state index in [0.29, 0.717) is 36.0 Å². The van der Waals surface area contributed by atoms with Crippen LogP contribution in [0.4, 0.5) is 5.69 Å². The van der Waals surface area contributed by atoms with Gasteiger partial charge in [-0.15, -0.1) is 12.3 Å². The number of unbranched alkanes of at least 4 members (excludes halogenated alkanes) is 2. The molecule has 1 aliphatic rings. The second-order valence-electron chi connectivity index (χ2n) is 6.90. The first-order valence-corrected chi connectivity index (χ1v) is 9.64. The van der Waals surface area contributed by atoms with E-state index in [2.05, 4.69) is 12.5 Å². The number of non-ortho nitro benzene ring substituents is 1. The maximum Gasteiger partial charge on any atom is 0.273 e. The van der Waals surface area contributed by atoms with Crippen LogP contribution in [0.1, 0.15) is 37.3 Å². The summed E-state index contributed by atoms with van der Waals surface area (Å²) in [4.78, 5) is 10.7. The second-order valence-corrected chi connectivity index (χ2v) is 6.90. The van der Waals surface area contributed by atoms with Crippen LogP contribution in [0.3, 0.4) is 0 Å². The molecule has 6 heteroatoms. The van der Waals surface area contributed by atoms with Crippen LogP contribution in [0.15, 0.2) is 54.8 Å². The van der Waals surface area contributed by atoms with Gasteiger partial charge >= 0.3 is 0 Å². The van der Waals surface area contributed by atoms with Crippen LogP contribution in [0.5, 0.6) is 17.2 Å². The van der Waals surface area contributed by atoms with Gasteiger partial charge in [0.05, 0.1) is 17.6 Å². The lowest BCUT2D eigenvalue weighted by atomic mass is 10.0. The van der Waals surface area contributed by atoms with Gasteiger partial charge in [0.25, 0.3) is 5.69 Å². The summed E-state index contributed by atoms with van der Waals surface area (Å²) in [7, 11) is 0.